The van der Waals surface area contributed by atoms with Gasteiger partial charge in [-0.05, 0) is 43.2 Å². The molecular weight excluding hydrogens is 413 g/mol. The number of anilines is 2. The summed E-state index contributed by atoms with van der Waals surface area (Å²) in [5.41, 5.74) is -1.29. The van der Waals surface area contributed by atoms with Gasteiger partial charge in [0.05, 0.1) is 10.6 Å². The van der Waals surface area contributed by atoms with Crippen LogP contribution in [-0.4, -0.2) is 41.8 Å². The Morgan fingerprint density at radius 3 is 2.48 bits per heavy atom. The van der Waals surface area contributed by atoms with Crippen LogP contribution in [0.25, 0.3) is 0 Å². The van der Waals surface area contributed by atoms with Gasteiger partial charge in [0.15, 0.2) is 18.1 Å². The van der Waals surface area contributed by atoms with Gasteiger partial charge >= 0.3 is 12.1 Å². The number of esters is 1. The molecule has 2 heterocycles. The van der Waals surface area contributed by atoms with Gasteiger partial charge in [-0.15, -0.1) is 10.2 Å². The van der Waals surface area contributed by atoms with E-state index in [4.69, 9.17) is 16.3 Å². The summed E-state index contributed by atoms with van der Waals surface area (Å²) in [4.78, 5) is 25.9. The molecule has 1 amide bonds. The summed E-state index contributed by atoms with van der Waals surface area (Å²) < 4.78 is 43.4. The van der Waals surface area contributed by atoms with Crippen molar-refractivity contribution in [2.75, 3.05) is 29.9 Å². The third-order valence-electron chi connectivity index (χ3n) is 4.18. The molecule has 0 unspecified atom stereocenters. The van der Waals surface area contributed by atoms with Crippen LogP contribution in [0.4, 0.5) is 24.7 Å². The van der Waals surface area contributed by atoms with Gasteiger partial charge in [-0.1, -0.05) is 11.6 Å². The molecule has 0 saturated carbocycles. The summed E-state index contributed by atoms with van der Waals surface area (Å²) in [6.45, 7) is 1.05. The summed E-state index contributed by atoms with van der Waals surface area (Å²) in [5.74, 6) is -1.02. The number of rotatable bonds is 5. The zero-order chi connectivity index (χ0) is 21.0. The Morgan fingerprint density at radius 2 is 1.86 bits per heavy atom. The molecule has 154 valence electrons. The van der Waals surface area contributed by atoms with Gasteiger partial charge in [0, 0.05) is 18.8 Å². The van der Waals surface area contributed by atoms with E-state index in [9.17, 15) is 22.8 Å². The van der Waals surface area contributed by atoms with Crippen molar-refractivity contribution < 1.29 is 27.5 Å². The number of nitrogens with one attached hydrogen (secondary N) is 1. The molecule has 2 aromatic rings. The Bertz CT molecular complexity index is 900. The topological polar surface area (TPSA) is 84.4 Å². The van der Waals surface area contributed by atoms with Crippen molar-refractivity contribution in [1.29, 1.82) is 0 Å². The third kappa shape index (κ3) is 5.35. The predicted octanol–water partition coefficient (Wildman–Crippen LogP) is 3.54. The largest absolute Gasteiger partial charge is 0.451 e. The van der Waals surface area contributed by atoms with E-state index in [1.165, 1.54) is 12.1 Å². The van der Waals surface area contributed by atoms with Crippen LogP contribution in [0.3, 0.4) is 0 Å². The SMILES string of the molecule is O=C(COC(=O)c1ccc(N2CCCC2)nn1)Nc1ccc(Cl)c(C(F)(F)F)c1. The number of hydrogen-bond acceptors (Lipinski definition) is 6. The van der Waals surface area contributed by atoms with Gasteiger partial charge in [0.1, 0.15) is 0 Å². The summed E-state index contributed by atoms with van der Waals surface area (Å²) in [7, 11) is 0. The normalized spacial score (nSPS) is 14.0. The van der Waals surface area contributed by atoms with E-state index in [1.54, 1.807) is 6.07 Å². The molecule has 1 N–H and O–H groups in total. The average Bonchev–Trinajstić information content (AvgIpc) is 3.22. The van der Waals surface area contributed by atoms with Crippen LogP contribution in [0.2, 0.25) is 5.02 Å². The van der Waals surface area contributed by atoms with E-state index in [-0.39, 0.29) is 11.4 Å². The Kier molecular flexibility index (Phi) is 6.21. The van der Waals surface area contributed by atoms with E-state index >= 15 is 0 Å². The van der Waals surface area contributed by atoms with Gasteiger partial charge in [-0.3, -0.25) is 4.79 Å². The molecule has 1 aromatic carbocycles. The number of carbonyl (C=O) groups is 2. The second-order valence-electron chi connectivity index (χ2n) is 6.29. The maximum Gasteiger partial charge on any atom is 0.417 e. The lowest BCUT2D eigenvalue weighted by Gasteiger charge is -2.15. The van der Waals surface area contributed by atoms with E-state index in [0.717, 1.165) is 32.0 Å². The summed E-state index contributed by atoms with van der Waals surface area (Å²) >= 11 is 5.52. The second-order valence-corrected chi connectivity index (χ2v) is 6.69. The lowest BCUT2D eigenvalue weighted by Crippen LogP contribution is -2.22. The number of aromatic nitrogens is 2. The Hall–Kier alpha value is -2.88. The predicted molar refractivity (Wildman–Crippen MR) is 98.8 cm³/mol. The highest BCUT2D eigenvalue weighted by Crippen LogP contribution is 2.36. The summed E-state index contributed by atoms with van der Waals surface area (Å²) in [6.07, 6.45) is -2.53. The number of amides is 1. The number of halogens is 4. The molecule has 1 aliphatic rings. The minimum Gasteiger partial charge on any atom is -0.451 e. The minimum absolute atomic E-state index is 0.0772. The van der Waals surface area contributed by atoms with Crippen molar-refractivity contribution in [3.63, 3.8) is 0 Å². The summed E-state index contributed by atoms with van der Waals surface area (Å²) in [5, 5.41) is 9.50. The number of ether oxygens (including phenoxy) is 1. The molecule has 11 heteroatoms. The first kappa shape index (κ1) is 20.8. The van der Waals surface area contributed by atoms with Crippen LogP contribution >= 0.6 is 11.6 Å². The highest BCUT2D eigenvalue weighted by molar-refractivity contribution is 6.31. The zero-order valence-corrected chi connectivity index (χ0v) is 15.8. The first-order valence-electron chi connectivity index (χ1n) is 8.66. The molecule has 1 aliphatic heterocycles. The maximum atomic E-state index is 12.9. The third-order valence-corrected chi connectivity index (χ3v) is 4.51. The van der Waals surface area contributed by atoms with Crippen molar-refractivity contribution in [3.05, 3.63) is 46.6 Å². The van der Waals surface area contributed by atoms with E-state index < -0.39 is 35.2 Å². The van der Waals surface area contributed by atoms with E-state index in [1.807, 2.05) is 4.90 Å². The van der Waals surface area contributed by atoms with Crippen molar-refractivity contribution in [1.82, 2.24) is 10.2 Å². The maximum absolute atomic E-state index is 12.9. The van der Waals surface area contributed by atoms with Crippen molar-refractivity contribution in [2.45, 2.75) is 19.0 Å². The molecule has 0 bridgehead atoms. The van der Waals surface area contributed by atoms with Crippen molar-refractivity contribution >= 4 is 35.0 Å². The van der Waals surface area contributed by atoms with Gasteiger partial charge in [-0.25, -0.2) is 4.79 Å². The van der Waals surface area contributed by atoms with E-state index in [0.29, 0.717) is 11.9 Å². The minimum atomic E-state index is -4.66. The quantitative estimate of drug-likeness (QED) is 0.733. The first-order valence-corrected chi connectivity index (χ1v) is 9.04. The van der Waals surface area contributed by atoms with Gasteiger partial charge in [0.2, 0.25) is 0 Å². The smallest absolute Gasteiger partial charge is 0.417 e. The fraction of sp³-hybridized carbons (Fsp3) is 0.333. The molecule has 7 nitrogen and oxygen atoms in total. The lowest BCUT2D eigenvalue weighted by atomic mass is 10.2. The number of alkyl halides is 3. The molecule has 1 aromatic heterocycles. The lowest BCUT2D eigenvalue weighted by molar-refractivity contribution is -0.137. The molecule has 0 aliphatic carbocycles. The van der Waals surface area contributed by atoms with Crippen LogP contribution < -0.4 is 10.2 Å². The average molecular weight is 429 g/mol. The Labute approximate surface area is 168 Å². The number of nitrogens with zero attached hydrogens (tertiary/aromatic N) is 3. The number of hydrogen-bond donors (Lipinski definition) is 1. The van der Waals surface area contributed by atoms with Crippen LogP contribution in [0, 0.1) is 0 Å². The van der Waals surface area contributed by atoms with Crippen LogP contribution in [0.15, 0.2) is 30.3 Å². The fourth-order valence-electron chi connectivity index (χ4n) is 2.77. The van der Waals surface area contributed by atoms with Gasteiger partial charge in [-0.2, -0.15) is 13.2 Å². The molecule has 0 atom stereocenters. The van der Waals surface area contributed by atoms with Gasteiger partial charge in [0.25, 0.3) is 5.91 Å². The molecule has 0 radical (unpaired) electrons. The molecule has 1 saturated heterocycles. The number of benzene rings is 1. The number of carbonyl (C=O) groups excluding carboxylic acids is 2. The highest BCUT2D eigenvalue weighted by Gasteiger charge is 2.33. The second kappa shape index (κ2) is 8.64. The Balaban J connectivity index is 1.54. The monoisotopic (exact) mass is 428 g/mol. The zero-order valence-electron chi connectivity index (χ0n) is 15.0. The standard InChI is InChI=1S/C18H16ClF3N4O3/c19-13-4-3-11(9-12(13)18(20,21)22)23-16(27)10-29-17(28)14-5-6-15(25-24-14)26-7-1-2-8-26/h3-6,9H,1-2,7-8,10H2,(H,23,27). The van der Waals surface area contributed by atoms with Crippen LogP contribution in [0.1, 0.15) is 28.9 Å². The summed E-state index contributed by atoms with van der Waals surface area (Å²) in [6, 6.07) is 6.00. The van der Waals surface area contributed by atoms with Gasteiger partial charge < -0.3 is 15.0 Å². The first-order chi connectivity index (χ1) is 13.7. The molecular formula is C18H16ClF3N4O3. The van der Waals surface area contributed by atoms with Crippen molar-refractivity contribution in [2.24, 2.45) is 0 Å². The van der Waals surface area contributed by atoms with E-state index in [2.05, 4.69) is 15.5 Å². The van der Waals surface area contributed by atoms with Crippen molar-refractivity contribution in [3.8, 4) is 0 Å². The molecule has 29 heavy (non-hydrogen) atoms. The van der Waals surface area contributed by atoms with Crippen LogP contribution in [0.5, 0.6) is 0 Å². The highest BCUT2D eigenvalue weighted by atomic mass is 35.5. The Morgan fingerprint density at radius 1 is 1.14 bits per heavy atom. The van der Waals surface area contributed by atoms with Crippen LogP contribution in [-0.2, 0) is 15.7 Å². The molecule has 3 rings (SSSR count). The molecule has 0 spiro atoms. The molecule has 1 fully saturated rings. The fourth-order valence-corrected chi connectivity index (χ4v) is 3.00.